The molecule has 6 heterocycles. The first-order valence-corrected chi connectivity index (χ1v) is 21.9. The number of nitrogens with zero attached hydrogens (tertiary/aromatic N) is 4. The van der Waals surface area contributed by atoms with Gasteiger partial charge in [-0.15, -0.1) is 0 Å². The van der Waals surface area contributed by atoms with Gasteiger partial charge >= 0.3 is 12.2 Å². The third-order valence-electron chi connectivity index (χ3n) is 12.7. The van der Waals surface area contributed by atoms with Gasteiger partial charge in [0.2, 0.25) is 11.8 Å². The average molecular weight is 879 g/mol. The summed E-state index contributed by atoms with van der Waals surface area (Å²) in [7, 11) is 2.56. The molecule has 17 heteroatoms. The van der Waals surface area contributed by atoms with Crippen LogP contribution in [0.2, 0.25) is 0 Å². The maximum Gasteiger partial charge on any atom is 0.407 e. The number of carbonyl (C=O) groups is 4. The Morgan fingerprint density at radius 3 is 1.91 bits per heavy atom. The molecule has 4 N–H and O–H groups in total. The van der Waals surface area contributed by atoms with Crippen LogP contribution in [0.5, 0.6) is 5.75 Å². The van der Waals surface area contributed by atoms with Crippen LogP contribution in [-0.4, -0.2) is 112 Å². The first-order chi connectivity index (χ1) is 30.6. The van der Waals surface area contributed by atoms with Gasteiger partial charge in [-0.2, -0.15) is 0 Å². The molecule has 4 aromatic rings. The topological polar surface area (TPSA) is 202 Å². The molecule has 4 amide bonds. The van der Waals surface area contributed by atoms with E-state index in [-0.39, 0.29) is 41.7 Å². The molecular weight excluding hydrogens is 821 g/mol. The number of nitrogens with one attached hydrogen (secondary N) is 4. The van der Waals surface area contributed by atoms with E-state index in [1.165, 1.54) is 14.2 Å². The number of carbonyl (C=O) groups excluding carboxylic acids is 4. The van der Waals surface area contributed by atoms with Crippen molar-refractivity contribution < 1.29 is 42.9 Å². The van der Waals surface area contributed by atoms with Gasteiger partial charge in [-0.25, -0.2) is 19.6 Å². The number of methoxy groups -OCH3 is 2. The minimum atomic E-state index is -0.947. The van der Waals surface area contributed by atoms with Crippen LogP contribution in [0, 0.1) is 11.8 Å². The Bertz CT molecular complexity index is 2410. The van der Waals surface area contributed by atoms with Crippen molar-refractivity contribution in [2.24, 2.45) is 11.8 Å². The van der Waals surface area contributed by atoms with E-state index in [0.717, 1.165) is 58.0 Å². The predicted octanol–water partition coefficient (Wildman–Crippen LogP) is 6.62. The van der Waals surface area contributed by atoms with Crippen LogP contribution in [0.4, 0.5) is 9.59 Å². The van der Waals surface area contributed by atoms with Crippen molar-refractivity contribution in [2.45, 2.75) is 96.2 Å². The molecule has 340 valence electrons. The quantitative estimate of drug-likeness (QED) is 0.126. The summed E-state index contributed by atoms with van der Waals surface area (Å²) >= 11 is 0. The number of allylic oxidation sites excluding steroid dienone is 1. The molecule has 1 spiro atoms. The maximum absolute atomic E-state index is 14.0. The lowest BCUT2D eigenvalue weighted by atomic mass is 9.80. The Hall–Kier alpha value is -6.20. The van der Waals surface area contributed by atoms with E-state index in [1.54, 1.807) is 22.2 Å². The summed E-state index contributed by atoms with van der Waals surface area (Å²) in [6.45, 7) is 13.5. The van der Waals surface area contributed by atoms with Crippen LogP contribution < -0.4 is 15.4 Å². The molecule has 3 saturated heterocycles. The SMILES string of the molecule is COC(=O)N[C@H](C(=O)N1CCC[C@H]1c1ncc(-c2ccc3c(c2)C(C)(C)C=C(c2ccc(-c4cnc([C@@H]5CC6(CN5C(=O)[C@@H](NC(=O)OC)C(C)C)OCCO6)[nH]4)cc2)O3)[nH]1)C(C)C. The van der Waals surface area contributed by atoms with Crippen LogP contribution in [0.25, 0.3) is 28.3 Å². The Kier molecular flexibility index (Phi) is 12.3. The first kappa shape index (κ1) is 44.4. The summed E-state index contributed by atoms with van der Waals surface area (Å²) in [6, 6.07) is 11.9. The first-order valence-electron chi connectivity index (χ1n) is 21.9. The second kappa shape index (κ2) is 17.8. The lowest BCUT2D eigenvalue weighted by Gasteiger charge is -2.31. The average Bonchev–Trinajstić information content (AvgIpc) is 4.15. The van der Waals surface area contributed by atoms with E-state index in [0.29, 0.717) is 37.8 Å². The highest BCUT2D eigenvalue weighted by molar-refractivity contribution is 5.87. The molecule has 4 aliphatic heterocycles. The van der Waals surface area contributed by atoms with Crippen molar-refractivity contribution in [1.82, 2.24) is 40.4 Å². The monoisotopic (exact) mass is 878 g/mol. The highest BCUT2D eigenvalue weighted by atomic mass is 16.7. The van der Waals surface area contributed by atoms with E-state index in [2.05, 4.69) is 46.6 Å². The molecule has 2 aromatic carbocycles. The molecule has 0 saturated carbocycles. The fourth-order valence-electron chi connectivity index (χ4n) is 9.20. The minimum absolute atomic E-state index is 0.124. The third-order valence-corrected chi connectivity index (χ3v) is 12.7. The van der Waals surface area contributed by atoms with Crippen LogP contribution in [0.3, 0.4) is 0 Å². The molecule has 0 bridgehead atoms. The van der Waals surface area contributed by atoms with E-state index in [9.17, 15) is 19.2 Å². The standard InChI is InChI=1S/C47H58N8O9/c1-26(2)38(52-44(58)60-7)42(56)54-17-9-10-34(54)40-48-24-33(51-40)30-15-16-36-31(20-30)46(5,6)22-37(64-36)29-13-11-28(12-14-29)32-23-49-41(50-32)35-21-47(62-18-19-63-47)25-55(35)43(57)39(27(3)4)53-45(59)61-8/h11-16,20,22-24,26-27,34-35,38-39H,9-10,17-19,21,25H2,1-8H3,(H,48,51)(H,49,50)(H,52,58)(H,53,59)/t34-,35-,38-,39-/m0/s1. The number of likely N-dealkylation sites (tertiary alicyclic amines) is 2. The van der Waals surface area contributed by atoms with Gasteiger partial charge in [0.25, 0.3) is 0 Å². The molecule has 3 fully saturated rings. The van der Waals surface area contributed by atoms with E-state index < -0.39 is 36.1 Å². The van der Waals surface area contributed by atoms with E-state index >= 15 is 0 Å². The molecule has 4 atom stereocenters. The van der Waals surface area contributed by atoms with Gasteiger partial charge in [-0.1, -0.05) is 65.8 Å². The molecule has 0 radical (unpaired) electrons. The molecule has 64 heavy (non-hydrogen) atoms. The van der Waals surface area contributed by atoms with E-state index in [4.69, 9.17) is 33.7 Å². The number of rotatable bonds is 11. The van der Waals surface area contributed by atoms with Crippen LogP contribution in [0.1, 0.15) is 95.7 Å². The zero-order valence-electron chi connectivity index (χ0n) is 37.7. The summed E-state index contributed by atoms with van der Waals surface area (Å²) in [5, 5.41) is 5.40. The van der Waals surface area contributed by atoms with Crippen molar-refractivity contribution in [3.05, 3.63) is 83.7 Å². The van der Waals surface area contributed by atoms with Gasteiger partial charge in [0.05, 0.1) is 69.8 Å². The summed E-state index contributed by atoms with van der Waals surface area (Å²) in [5.41, 5.74) is 4.99. The molecule has 17 nitrogen and oxygen atoms in total. The smallest absolute Gasteiger partial charge is 0.407 e. The number of imidazole rings is 2. The summed E-state index contributed by atoms with van der Waals surface area (Å²) in [4.78, 5) is 71.8. The number of benzene rings is 2. The Morgan fingerprint density at radius 2 is 1.31 bits per heavy atom. The normalized spacial score (nSPS) is 20.8. The van der Waals surface area contributed by atoms with Crippen molar-refractivity contribution in [3.8, 4) is 28.3 Å². The predicted molar refractivity (Wildman–Crippen MR) is 235 cm³/mol. The number of hydrogen-bond acceptors (Lipinski definition) is 11. The summed E-state index contributed by atoms with van der Waals surface area (Å²) in [6.07, 6.45) is 6.36. The summed E-state index contributed by atoms with van der Waals surface area (Å²) < 4.78 is 28.2. The van der Waals surface area contributed by atoms with Crippen molar-refractivity contribution in [1.29, 1.82) is 0 Å². The molecule has 2 aromatic heterocycles. The molecule has 0 unspecified atom stereocenters. The second-order valence-electron chi connectivity index (χ2n) is 18.2. The number of aromatic amines is 2. The van der Waals surface area contributed by atoms with Crippen LogP contribution in [-0.2, 0) is 34.0 Å². The Balaban J connectivity index is 0.968. The summed E-state index contributed by atoms with van der Waals surface area (Å²) in [5.74, 6) is 1.09. The van der Waals surface area contributed by atoms with Crippen molar-refractivity contribution in [3.63, 3.8) is 0 Å². The molecule has 0 aliphatic carbocycles. The zero-order chi connectivity index (χ0) is 45.5. The third kappa shape index (κ3) is 8.70. The Morgan fingerprint density at radius 1 is 0.766 bits per heavy atom. The largest absolute Gasteiger partial charge is 0.457 e. The van der Waals surface area contributed by atoms with Gasteiger partial charge in [0.1, 0.15) is 35.2 Å². The highest BCUT2D eigenvalue weighted by Crippen LogP contribution is 2.45. The molecule has 8 rings (SSSR count). The van der Waals surface area contributed by atoms with Crippen LogP contribution >= 0.6 is 0 Å². The van der Waals surface area contributed by atoms with E-state index in [1.807, 2.05) is 64.1 Å². The number of ether oxygens (including phenoxy) is 5. The second-order valence-corrected chi connectivity index (χ2v) is 18.2. The number of hydrogen-bond donors (Lipinski definition) is 4. The Labute approximate surface area is 372 Å². The van der Waals surface area contributed by atoms with Crippen LogP contribution in [0.15, 0.2) is 60.9 Å². The van der Waals surface area contributed by atoms with Gasteiger partial charge in [0.15, 0.2) is 5.79 Å². The maximum atomic E-state index is 14.0. The molecular formula is C47H58N8O9. The molecule has 4 aliphatic rings. The fraction of sp³-hybridized carbons (Fsp3) is 0.489. The number of aromatic nitrogens is 4. The van der Waals surface area contributed by atoms with Crippen molar-refractivity contribution in [2.75, 3.05) is 40.5 Å². The number of alkyl carbamates (subject to hydrolysis) is 2. The van der Waals surface area contributed by atoms with Crippen molar-refractivity contribution >= 4 is 29.8 Å². The lowest BCUT2D eigenvalue weighted by molar-refractivity contribution is -0.153. The number of amides is 4. The van der Waals surface area contributed by atoms with Gasteiger partial charge < -0.3 is 54.1 Å². The van der Waals surface area contributed by atoms with Gasteiger partial charge in [-0.05, 0) is 54.5 Å². The lowest BCUT2D eigenvalue weighted by Crippen LogP contribution is -2.52. The highest BCUT2D eigenvalue weighted by Gasteiger charge is 2.53. The minimum Gasteiger partial charge on any atom is -0.457 e. The number of fused-ring (bicyclic) bond motifs is 1. The van der Waals surface area contributed by atoms with Gasteiger partial charge in [-0.3, -0.25) is 9.59 Å². The van der Waals surface area contributed by atoms with Gasteiger partial charge in [0, 0.05) is 35.1 Å². The fourth-order valence-corrected chi connectivity index (χ4v) is 9.20. The zero-order valence-corrected chi connectivity index (χ0v) is 37.7. The number of H-pyrrole nitrogens is 2.